The van der Waals surface area contributed by atoms with E-state index < -0.39 is 5.97 Å². The van der Waals surface area contributed by atoms with Gasteiger partial charge in [-0.15, -0.1) is 0 Å². The second kappa shape index (κ2) is 12.8. The number of hydrogen-bond acceptors (Lipinski definition) is 6. The Hall–Kier alpha value is -3.75. The molecule has 206 valence electrons. The van der Waals surface area contributed by atoms with E-state index in [1.807, 2.05) is 48.5 Å². The van der Waals surface area contributed by atoms with Crippen LogP contribution in [0.4, 0.5) is 5.69 Å². The molecule has 10 heteroatoms. The third-order valence-corrected chi connectivity index (χ3v) is 7.98. The summed E-state index contributed by atoms with van der Waals surface area (Å²) in [6, 6.07) is 26.1. The number of benzene rings is 4. The molecule has 1 aliphatic heterocycles. The van der Waals surface area contributed by atoms with E-state index in [4.69, 9.17) is 44.5 Å². The van der Waals surface area contributed by atoms with E-state index in [2.05, 4.69) is 0 Å². The van der Waals surface area contributed by atoms with Crippen LogP contribution in [0, 0.1) is 0 Å². The van der Waals surface area contributed by atoms with Gasteiger partial charge < -0.3 is 14.6 Å². The highest BCUT2D eigenvalue weighted by atomic mass is 35.5. The van der Waals surface area contributed by atoms with Crippen LogP contribution in [0.15, 0.2) is 101 Å². The van der Waals surface area contributed by atoms with Crippen molar-refractivity contribution in [2.24, 2.45) is 4.99 Å². The van der Waals surface area contributed by atoms with Gasteiger partial charge in [0, 0.05) is 10.6 Å². The van der Waals surface area contributed by atoms with Gasteiger partial charge in [0.05, 0.1) is 33.2 Å². The lowest BCUT2D eigenvalue weighted by Gasteiger charge is -2.16. The van der Waals surface area contributed by atoms with Crippen LogP contribution in [0.2, 0.25) is 15.1 Å². The second-order valence-electron chi connectivity index (χ2n) is 8.91. The van der Waals surface area contributed by atoms with Crippen LogP contribution >= 0.6 is 46.6 Å². The number of rotatable bonds is 8. The highest BCUT2D eigenvalue weighted by molar-refractivity contribution is 8.18. The standard InChI is InChI=1S/C31H21Cl3N2O4S/c32-24-9-5-4-6-22(24)18-40-28-25(33)14-20(15-26(28)34)16-27-29(37)36(17-19-10-12-21(13-11-19)30(38)39)31(41-27)35-23-7-2-1-3-8-23/h1-16H,17-18H2,(H,38,39)/p-1/b27-16-,35-31?. The highest BCUT2D eigenvalue weighted by Crippen LogP contribution is 2.39. The lowest BCUT2D eigenvalue weighted by molar-refractivity contribution is -0.255. The molecular weight excluding hydrogens is 603 g/mol. The van der Waals surface area contributed by atoms with Crippen LogP contribution in [0.3, 0.4) is 0 Å². The Morgan fingerprint density at radius 3 is 2.22 bits per heavy atom. The van der Waals surface area contributed by atoms with Crippen molar-refractivity contribution < 1.29 is 19.4 Å². The van der Waals surface area contributed by atoms with Crippen LogP contribution in [-0.4, -0.2) is 21.9 Å². The second-order valence-corrected chi connectivity index (χ2v) is 11.1. The van der Waals surface area contributed by atoms with Gasteiger partial charge in [0.1, 0.15) is 6.61 Å². The number of nitrogens with zero attached hydrogens (tertiary/aromatic N) is 2. The molecule has 0 bridgehead atoms. The van der Waals surface area contributed by atoms with E-state index in [-0.39, 0.29) is 34.7 Å². The van der Waals surface area contributed by atoms with E-state index in [1.54, 1.807) is 41.3 Å². The molecule has 1 saturated heterocycles. The Bertz CT molecular complexity index is 1650. The minimum Gasteiger partial charge on any atom is -0.545 e. The van der Waals surface area contributed by atoms with Crippen LogP contribution in [-0.2, 0) is 17.9 Å². The van der Waals surface area contributed by atoms with E-state index in [1.165, 1.54) is 23.9 Å². The zero-order valence-corrected chi connectivity index (χ0v) is 24.3. The summed E-state index contributed by atoms with van der Waals surface area (Å²) in [4.78, 5) is 31.3. The predicted molar refractivity (Wildman–Crippen MR) is 163 cm³/mol. The van der Waals surface area contributed by atoms with Crippen molar-refractivity contribution in [2.75, 3.05) is 0 Å². The predicted octanol–water partition coefficient (Wildman–Crippen LogP) is 7.39. The summed E-state index contributed by atoms with van der Waals surface area (Å²) in [5.41, 5.74) is 2.88. The molecule has 1 fully saturated rings. The molecule has 0 unspecified atom stereocenters. The maximum absolute atomic E-state index is 13.6. The number of hydrogen-bond donors (Lipinski definition) is 0. The number of carbonyl (C=O) groups excluding carboxylic acids is 2. The van der Waals surface area contributed by atoms with Gasteiger partial charge in [0.15, 0.2) is 10.9 Å². The molecule has 0 aliphatic carbocycles. The maximum atomic E-state index is 13.6. The maximum Gasteiger partial charge on any atom is 0.267 e. The number of amides is 1. The van der Waals surface area contributed by atoms with Crippen LogP contribution < -0.4 is 9.84 Å². The molecule has 1 aliphatic rings. The van der Waals surface area contributed by atoms with Crippen LogP contribution in [0.1, 0.15) is 27.0 Å². The van der Waals surface area contributed by atoms with Crippen molar-refractivity contribution in [1.29, 1.82) is 0 Å². The number of para-hydroxylation sites is 1. The molecular formula is C31H20Cl3N2O4S-. The molecule has 0 atom stereocenters. The molecule has 6 nitrogen and oxygen atoms in total. The van der Waals surface area contributed by atoms with Crippen molar-refractivity contribution in [1.82, 2.24) is 4.90 Å². The molecule has 0 saturated carbocycles. The van der Waals surface area contributed by atoms with Crippen LogP contribution in [0.25, 0.3) is 6.08 Å². The molecule has 4 aromatic rings. The Balaban J connectivity index is 1.41. The van der Waals surface area contributed by atoms with Gasteiger partial charge in [0.2, 0.25) is 0 Å². The zero-order valence-electron chi connectivity index (χ0n) is 21.2. The Morgan fingerprint density at radius 2 is 1.56 bits per heavy atom. The Morgan fingerprint density at radius 1 is 0.902 bits per heavy atom. The smallest absolute Gasteiger partial charge is 0.267 e. The first kappa shape index (κ1) is 28.8. The first-order chi connectivity index (χ1) is 19.8. The summed E-state index contributed by atoms with van der Waals surface area (Å²) in [5, 5.41) is 12.8. The van der Waals surface area contributed by atoms with Gasteiger partial charge in [-0.2, -0.15) is 0 Å². The third-order valence-electron chi connectivity index (χ3n) is 6.05. The number of amidine groups is 1. The number of carboxylic acids is 1. The van der Waals surface area contributed by atoms with Gasteiger partial charge in [-0.3, -0.25) is 9.69 Å². The molecule has 0 aromatic heterocycles. The number of carbonyl (C=O) groups is 2. The first-order valence-electron chi connectivity index (χ1n) is 12.3. The molecule has 1 amide bonds. The molecule has 0 radical (unpaired) electrons. The average Bonchev–Trinajstić information content (AvgIpc) is 3.23. The van der Waals surface area contributed by atoms with Crippen molar-refractivity contribution >= 4 is 75.4 Å². The van der Waals surface area contributed by atoms with E-state index in [9.17, 15) is 14.7 Å². The number of aliphatic imine (C=N–C) groups is 1. The van der Waals surface area contributed by atoms with E-state index in [0.29, 0.717) is 32.1 Å². The number of ether oxygens (including phenoxy) is 1. The number of carboxylic acid groups (broad SMARTS) is 1. The van der Waals surface area contributed by atoms with Crippen molar-refractivity contribution in [3.8, 4) is 5.75 Å². The largest absolute Gasteiger partial charge is 0.545 e. The summed E-state index contributed by atoms with van der Waals surface area (Å²) >= 11 is 20.5. The van der Waals surface area contributed by atoms with Gasteiger partial charge in [-0.05, 0) is 64.9 Å². The molecule has 1 heterocycles. The van der Waals surface area contributed by atoms with Gasteiger partial charge in [0.25, 0.3) is 5.91 Å². The lowest BCUT2D eigenvalue weighted by atomic mass is 10.1. The Labute approximate surface area is 255 Å². The molecule has 0 spiro atoms. The molecule has 0 N–H and O–H groups in total. The number of aromatic carboxylic acids is 1. The Kier molecular flexibility index (Phi) is 9.00. The van der Waals surface area contributed by atoms with Crippen molar-refractivity contribution in [3.63, 3.8) is 0 Å². The fourth-order valence-corrected chi connectivity index (χ4v) is 5.79. The minimum atomic E-state index is -1.27. The third kappa shape index (κ3) is 6.94. The highest BCUT2D eigenvalue weighted by Gasteiger charge is 2.33. The number of halogens is 3. The topological polar surface area (TPSA) is 82.0 Å². The van der Waals surface area contributed by atoms with Gasteiger partial charge in [-0.1, -0.05) is 95.5 Å². The van der Waals surface area contributed by atoms with Crippen molar-refractivity contribution in [3.05, 3.63) is 133 Å². The van der Waals surface area contributed by atoms with Crippen molar-refractivity contribution in [2.45, 2.75) is 13.2 Å². The van der Waals surface area contributed by atoms with Crippen LogP contribution in [0.5, 0.6) is 5.75 Å². The van der Waals surface area contributed by atoms with E-state index in [0.717, 1.165) is 11.1 Å². The van der Waals surface area contributed by atoms with E-state index >= 15 is 0 Å². The zero-order chi connectivity index (χ0) is 28.9. The summed E-state index contributed by atoms with van der Waals surface area (Å²) in [6.45, 7) is 0.380. The minimum absolute atomic E-state index is 0.0580. The average molecular weight is 623 g/mol. The SMILES string of the molecule is O=C([O-])c1ccc(CN2C(=O)/C(=C/c3cc(Cl)c(OCc4ccccc4Cl)c(Cl)c3)SC2=Nc2ccccc2)cc1. The normalized spacial score (nSPS) is 15.1. The lowest BCUT2D eigenvalue weighted by Crippen LogP contribution is -2.28. The summed E-state index contributed by atoms with van der Waals surface area (Å²) < 4.78 is 5.86. The summed E-state index contributed by atoms with van der Waals surface area (Å²) in [7, 11) is 0. The quantitative estimate of drug-likeness (QED) is 0.191. The summed E-state index contributed by atoms with van der Waals surface area (Å²) in [5.74, 6) is -1.22. The van der Waals surface area contributed by atoms with Gasteiger partial charge >= 0.3 is 0 Å². The number of thioether (sulfide) groups is 1. The van der Waals surface area contributed by atoms with Gasteiger partial charge in [-0.25, -0.2) is 4.99 Å². The monoisotopic (exact) mass is 621 g/mol. The summed E-state index contributed by atoms with van der Waals surface area (Å²) in [6.07, 6.45) is 1.70. The molecule has 5 rings (SSSR count). The fourth-order valence-electron chi connectivity index (χ4n) is 3.99. The first-order valence-corrected chi connectivity index (χ1v) is 14.2. The fraction of sp³-hybridized carbons (Fsp3) is 0.0645. The molecule has 41 heavy (non-hydrogen) atoms. The molecule has 4 aromatic carbocycles.